The Balaban J connectivity index is 1.63. The first-order chi connectivity index (χ1) is 9.31. The zero-order valence-electron chi connectivity index (χ0n) is 11.0. The van der Waals surface area contributed by atoms with E-state index in [4.69, 9.17) is 5.73 Å². The first-order valence-electron chi connectivity index (χ1n) is 6.92. The summed E-state index contributed by atoms with van der Waals surface area (Å²) in [4.78, 5) is 7.15. The van der Waals surface area contributed by atoms with Crippen molar-refractivity contribution in [2.45, 2.75) is 37.8 Å². The van der Waals surface area contributed by atoms with Gasteiger partial charge in [0.1, 0.15) is 0 Å². The lowest BCUT2D eigenvalue weighted by atomic mass is 9.91. The van der Waals surface area contributed by atoms with Crippen LogP contribution in [0.25, 0.3) is 11.3 Å². The molecule has 2 aromatic rings. The van der Waals surface area contributed by atoms with Gasteiger partial charge in [-0.1, -0.05) is 12.1 Å². The van der Waals surface area contributed by atoms with Gasteiger partial charge < -0.3 is 16.0 Å². The van der Waals surface area contributed by atoms with Crippen LogP contribution < -0.4 is 11.1 Å². The summed E-state index contributed by atoms with van der Waals surface area (Å²) in [5, 5.41) is 3.59. The van der Waals surface area contributed by atoms with Gasteiger partial charge in [-0.2, -0.15) is 0 Å². The van der Waals surface area contributed by atoms with Crippen LogP contribution in [0.5, 0.6) is 0 Å². The summed E-state index contributed by atoms with van der Waals surface area (Å²) in [6, 6.07) is 9.46. The number of nitrogens with one attached hydrogen (secondary N) is 2. The molecule has 1 aliphatic rings. The van der Waals surface area contributed by atoms with Crippen LogP contribution in [0.15, 0.2) is 36.8 Å². The maximum atomic E-state index is 5.93. The Morgan fingerprint density at radius 1 is 1.11 bits per heavy atom. The second kappa shape index (κ2) is 5.45. The lowest BCUT2D eigenvalue weighted by molar-refractivity contribution is 0.411. The first kappa shape index (κ1) is 12.2. The largest absolute Gasteiger partial charge is 0.382 e. The van der Waals surface area contributed by atoms with Crippen LogP contribution in [0.4, 0.5) is 5.69 Å². The van der Waals surface area contributed by atoms with Crippen molar-refractivity contribution >= 4 is 5.69 Å². The van der Waals surface area contributed by atoms with E-state index in [1.165, 1.54) is 18.5 Å². The maximum Gasteiger partial charge on any atom is 0.0924 e. The fourth-order valence-electron chi connectivity index (χ4n) is 2.66. The predicted octanol–water partition coefficient (Wildman–Crippen LogP) is 2.76. The minimum absolute atomic E-state index is 0.404. The van der Waals surface area contributed by atoms with E-state index in [0.29, 0.717) is 12.1 Å². The molecular weight excluding hydrogens is 236 g/mol. The summed E-state index contributed by atoms with van der Waals surface area (Å²) in [5.41, 5.74) is 9.32. The van der Waals surface area contributed by atoms with E-state index in [1.807, 2.05) is 6.20 Å². The Morgan fingerprint density at radius 2 is 1.84 bits per heavy atom. The zero-order chi connectivity index (χ0) is 13.1. The quantitative estimate of drug-likeness (QED) is 0.791. The van der Waals surface area contributed by atoms with E-state index < -0.39 is 0 Å². The van der Waals surface area contributed by atoms with Gasteiger partial charge in [-0.3, -0.25) is 0 Å². The summed E-state index contributed by atoms with van der Waals surface area (Å²) in [6.07, 6.45) is 8.14. The van der Waals surface area contributed by atoms with Crippen molar-refractivity contribution in [2.75, 3.05) is 5.32 Å². The SMILES string of the molecule is NC1CCC(Nc2ccc(-c3cnc[nH]3)cc2)CC1. The topological polar surface area (TPSA) is 66.7 Å². The third-order valence-corrected chi connectivity index (χ3v) is 3.84. The molecule has 0 spiro atoms. The number of aromatic nitrogens is 2. The summed E-state index contributed by atoms with van der Waals surface area (Å²) < 4.78 is 0. The highest BCUT2D eigenvalue weighted by atomic mass is 14.9. The first-order valence-corrected chi connectivity index (χ1v) is 6.92. The number of nitrogens with zero attached hydrogens (tertiary/aromatic N) is 1. The molecule has 0 radical (unpaired) electrons. The number of imidazole rings is 1. The molecule has 0 atom stereocenters. The van der Waals surface area contributed by atoms with Crippen molar-refractivity contribution in [1.29, 1.82) is 0 Å². The van der Waals surface area contributed by atoms with Crippen molar-refractivity contribution in [2.24, 2.45) is 5.73 Å². The van der Waals surface area contributed by atoms with Gasteiger partial charge in [0.15, 0.2) is 0 Å². The van der Waals surface area contributed by atoms with E-state index >= 15 is 0 Å². The summed E-state index contributed by atoms with van der Waals surface area (Å²) in [6.45, 7) is 0. The maximum absolute atomic E-state index is 5.93. The van der Waals surface area contributed by atoms with Gasteiger partial charge in [-0.25, -0.2) is 4.98 Å². The molecule has 4 N–H and O–H groups in total. The molecule has 4 nitrogen and oxygen atoms in total. The number of aromatic amines is 1. The normalized spacial score (nSPS) is 23.2. The third kappa shape index (κ3) is 2.96. The molecule has 1 aliphatic carbocycles. The Labute approximate surface area is 113 Å². The molecule has 19 heavy (non-hydrogen) atoms. The third-order valence-electron chi connectivity index (χ3n) is 3.84. The van der Waals surface area contributed by atoms with Gasteiger partial charge in [0.25, 0.3) is 0 Å². The summed E-state index contributed by atoms with van der Waals surface area (Å²) >= 11 is 0. The van der Waals surface area contributed by atoms with Crippen LogP contribution >= 0.6 is 0 Å². The number of hydrogen-bond acceptors (Lipinski definition) is 3. The van der Waals surface area contributed by atoms with Gasteiger partial charge in [-0.05, 0) is 43.4 Å². The van der Waals surface area contributed by atoms with Crippen molar-refractivity contribution < 1.29 is 0 Å². The Bertz CT molecular complexity index is 495. The molecular formula is C15H20N4. The molecule has 0 amide bonds. The Morgan fingerprint density at radius 3 is 2.47 bits per heavy atom. The standard InChI is InChI=1S/C15H20N4/c16-12-3-7-14(8-4-12)19-13-5-1-11(2-6-13)15-9-17-10-18-15/h1-2,5-6,9-10,12,14,19H,3-4,7-8,16H2,(H,17,18). The van der Waals surface area contributed by atoms with E-state index in [1.54, 1.807) is 6.33 Å². The second-order valence-electron chi connectivity index (χ2n) is 5.30. The van der Waals surface area contributed by atoms with E-state index in [-0.39, 0.29) is 0 Å². The Kier molecular flexibility index (Phi) is 3.51. The molecule has 1 saturated carbocycles. The lowest BCUT2D eigenvalue weighted by Crippen LogP contribution is -2.32. The van der Waals surface area contributed by atoms with Crippen molar-refractivity contribution in [1.82, 2.24) is 9.97 Å². The molecule has 0 saturated heterocycles. The average Bonchev–Trinajstić information content (AvgIpc) is 2.96. The molecule has 3 rings (SSSR count). The number of H-pyrrole nitrogens is 1. The summed E-state index contributed by atoms with van der Waals surface area (Å²) in [5.74, 6) is 0. The van der Waals surface area contributed by atoms with Gasteiger partial charge >= 0.3 is 0 Å². The van der Waals surface area contributed by atoms with Gasteiger partial charge in [0.2, 0.25) is 0 Å². The fourth-order valence-corrected chi connectivity index (χ4v) is 2.66. The highest BCUT2D eigenvalue weighted by Crippen LogP contribution is 2.23. The van der Waals surface area contributed by atoms with E-state index in [9.17, 15) is 0 Å². The number of benzene rings is 1. The van der Waals surface area contributed by atoms with Crippen LogP contribution in [0.1, 0.15) is 25.7 Å². The minimum Gasteiger partial charge on any atom is -0.382 e. The molecule has 100 valence electrons. The smallest absolute Gasteiger partial charge is 0.0924 e. The minimum atomic E-state index is 0.404. The molecule has 1 fully saturated rings. The second-order valence-corrected chi connectivity index (χ2v) is 5.30. The highest BCUT2D eigenvalue weighted by molar-refractivity contribution is 5.62. The van der Waals surface area contributed by atoms with Gasteiger partial charge in [0, 0.05) is 17.8 Å². The molecule has 1 aromatic heterocycles. The number of anilines is 1. The fraction of sp³-hybridized carbons (Fsp3) is 0.400. The zero-order valence-corrected chi connectivity index (χ0v) is 11.0. The van der Waals surface area contributed by atoms with Crippen LogP contribution in [0.2, 0.25) is 0 Å². The van der Waals surface area contributed by atoms with Crippen LogP contribution in [0, 0.1) is 0 Å². The van der Waals surface area contributed by atoms with Crippen LogP contribution in [0.3, 0.4) is 0 Å². The molecule has 1 heterocycles. The molecule has 0 bridgehead atoms. The van der Waals surface area contributed by atoms with E-state index in [0.717, 1.165) is 24.1 Å². The van der Waals surface area contributed by atoms with Crippen LogP contribution in [-0.2, 0) is 0 Å². The number of nitrogens with two attached hydrogens (primary N) is 1. The van der Waals surface area contributed by atoms with Crippen molar-refractivity contribution in [3.8, 4) is 11.3 Å². The highest BCUT2D eigenvalue weighted by Gasteiger charge is 2.17. The predicted molar refractivity (Wildman–Crippen MR) is 77.9 cm³/mol. The number of rotatable bonds is 3. The van der Waals surface area contributed by atoms with E-state index in [2.05, 4.69) is 39.6 Å². The molecule has 4 heteroatoms. The number of hydrogen-bond donors (Lipinski definition) is 3. The Hall–Kier alpha value is -1.81. The van der Waals surface area contributed by atoms with Gasteiger partial charge in [0.05, 0.1) is 18.2 Å². The monoisotopic (exact) mass is 256 g/mol. The van der Waals surface area contributed by atoms with Gasteiger partial charge in [-0.15, -0.1) is 0 Å². The molecule has 1 aromatic carbocycles. The summed E-state index contributed by atoms with van der Waals surface area (Å²) in [7, 11) is 0. The molecule has 0 aliphatic heterocycles. The molecule has 0 unspecified atom stereocenters. The van der Waals surface area contributed by atoms with Crippen LogP contribution in [-0.4, -0.2) is 22.1 Å². The average molecular weight is 256 g/mol. The van der Waals surface area contributed by atoms with Crippen molar-refractivity contribution in [3.05, 3.63) is 36.8 Å². The van der Waals surface area contributed by atoms with Crippen molar-refractivity contribution in [3.63, 3.8) is 0 Å². The lowest BCUT2D eigenvalue weighted by Gasteiger charge is -2.27.